The highest BCUT2D eigenvalue weighted by Gasteiger charge is 2.15. The van der Waals surface area contributed by atoms with E-state index in [1.807, 2.05) is 13.0 Å². The lowest BCUT2D eigenvalue weighted by Crippen LogP contribution is -2.13. The molecule has 88 valence electrons. The van der Waals surface area contributed by atoms with E-state index in [-0.39, 0.29) is 16.0 Å². The second kappa shape index (κ2) is 5.85. The molecule has 2 atom stereocenters. The normalized spacial score (nSPS) is 14.4. The zero-order valence-corrected chi connectivity index (χ0v) is 10.3. The molecule has 2 unspecified atom stereocenters. The van der Waals surface area contributed by atoms with Crippen LogP contribution in [0.2, 0.25) is 0 Å². The molecule has 0 aliphatic carbocycles. The molecule has 4 heteroatoms. The maximum atomic E-state index is 10.6. The molecule has 0 amide bonds. The van der Waals surface area contributed by atoms with Gasteiger partial charge < -0.3 is 0 Å². The first-order valence-corrected chi connectivity index (χ1v) is 5.85. The lowest BCUT2D eigenvalue weighted by atomic mass is 9.94. The van der Waals surface area contributed by atoms with E-state index in [4.69, 9.17) is 11.6 Å². The predicted octanol–water partition coefficient (Wildman–Crippen LogP) is 3.79. The van der Waals surface area contributed by atoms with Crippen molar-refractivity contribution in [1.82, 2.24) is 0 Å². The first-order valence-electron chi connectivity index (χ1n) is 5.42. The van der Waals surface area contributed by atoms with Gasteiger partial charge in [-0.2, -0.15) is 0 Å². The van der Waals surface area contributed by atoms with Gasteiger partial charge in [-0.15, -0.1) is 11.6 Å². The van der Waals surface area contributed by atoms with Gasteiger partial charge in [0.15, 0.2) is 0 Å². The number of hydrogen-bond donors (Lipinski definition) is 0. The van der Waals surface area contributed by atoms with Gasteiger partial charge in [0, 0.05) is 17.5 Å². The van der Waals surface area contributed by atoms with Gasteiger partial charge in [0.2, 0.25) is 0 Å². The van der Waals surface area contributed by atoms with Crippen molar-refractivity contribution in [3.05, 3.63) is 39.9 Å². The fourth-order valence-electron chi connectivity index (χ4n) is 1.73. The monoisotopic (exact) mass is 241 g/mol. The third kappa shape index (κ3) is 3.49. The third-order valence-corrected chi connectivity index (χ3v) is 3.15. The van der Waals surface area contributed by atoms with Crippen molar-refractivity contribution in [3.8, 4) is 0 Å². The van der Waals surface area contributed by atoms with Crippen LogP contribution in [0.25, 0.3) is 0 Å². The average molecular weight is 242 g/mol. The minimum Gasteiger partial charge on any atom is -0.258 e. The van der Waals surface area contributed by atoms with Gasteiger partial charge >= 0.3 is 0 Å². The van der Waals surface area contributed by atoms with E-state index < -0.39 is 0 Å². The molecular formula is C12H16ClNO2. The van der Waals surface area contributed by atoms with Crippen LogP contribution in [0.5, 0.6) is 0 Å². The summed E-state index contributed by atoms with van der Waals surface area (Å²) in [5.74, 6) is 0.365. The van der Waals surface area contributed by atoms with Gasteiger partial charge in [-0.05, 0) is 24.8 Å². The quantitative estimate of drug-likeness (QED) is 0.447. The van der Waals surface area contributed by atoms with Crippen LogP contribution in [-0.2, 0) is 6.42 Å². The van der Waals surface area contributed by atoms with Gasteiger partial charge in [0.05, 0.1) is 4.92 Å². The van der Waals surface area contributed by atoms with Gasteiger partial charge in [0.25, 0.3) is 5.69 Å². The zero-order valence-electron chi connectivity index (χ0n) is 9.52. The average Bonchev–Trinajstić information content (AvgIpc) is 2.25. The summed E-state index contributed by atoms with van der Waals surface area (Å²) in [6, 6.07) is 6.77. The molecule has 0 spiro atoms. The van der Waals surface area contributed by atoms with Crippen molar-refractivity contribution in [3.63, 3.8) is 0 Å². The van der Waals surface area contributed by atoms with Crippen LogP contribution < -0.4 is 0 Å². The molecule has 0 aromatic heterocycles. The number of alkyl halides is 1. The second-order valence-electron chi connectivity index (χ2n) is 3.98. The van der Waals surface area contributed by atoms with Crippen molar-refractivity contribution >= 4 is 17.3 Å². The minimum atomic E-state index is -0.366. The SMILES string of the molecule is CCC(Cc1cccc([N+](=O)[O-])c1)C(C)Cl. The Labute approximate surface area is 101 Å². The summed E-state index contributed by atoms with van der Waals surface area (Å²) in [7, 11) is 0. The van der Waals surface area contributed by atoms with Gasteiger partial charge in [-0.1, -0.05) is 25.5 Å². The standard InChI is InChI=1S/C12H16ClNO2/c1-3-11(9(2)13)7-10-5-4-6-12(8-10)14(15)16/h4-6,8-9,11H,3,7H2,1-2H3. The Hall–Kier alpha value is -1.09. The predicted molar refractivity (Wildman–Crippen MR) is 65.9 cm³/mol. The molecule has 1 aromatic rings. The maximum absolute atomic E-state index is 10.6. The molecule has 0 bridgehead atoms. The zero-order chi connectivity index (χ0) is 12.1. The van der Waals surface area contributed by atoms with E-state index in [2.05, 4.69) is 6.92 Å². The van der Waals surface area contributed by atoms with Crippen LogP contribution in [0.3, 0.4) is 0 Å². The fourth-order valence-corrected chi connectivity index (χ4v) is 2.00. The van der Waals surface area contributed by atoms with Crippen LogP contribution in [0, 0.1) is 16.0 Å². The summed E-state index contributed by atoms with van der Waals surface area (Å²) in [6.45, 7) is 4.05. The topological polar surface area (TPSA) is 43.1 Å². The summed E-state index contributed by atoms with van der Waals surface area (Å²) in [5, 5.41) is 10.7. The van der Waals surface area contributed by atoms with Crippen molar-refractivity contribution in [1.29, 1.82) is 0 Å². The van der Waals surface area contributed by atoms with Crippen LogP contribution >= 0.6 is 11.6 Å². The molecule has 0 radical (unpaired) electrons. The largest absolute Gasteiger partial charge is 0.269 e. The first kappa shape index (κ1) is 13.0. The van der Waals surface area contributed by atoms with E-state index in [1.165, 1.54) is 6.07 Å². The number of nitrogens with zero attached hydrogens (tertiary/aromatic N) is 1. The van der Waals surface area contributed by atoms with Crippen LogP contribution in [0.1, 0.15) is 25.8 Å². The third-order valence-electron chi connectivity index (χ3n) is 2.79. The lowest BCUT2D eigenvalue weighted by Gasteiger charge is -2.16. The lowest BCUT2D eigenvalue weighted by molar-refractivity contribution is -0.384. The molecule has 0 aliphatic heterocycles. The fraction of sp³-hybridized carbons (Fsp3) is 0.500. The van der Waals surface area contributed by atoms with Crippen LogP contribution in [0.4, 0.5) is 5.69 Å². The molecule has 0 heterocycles. The molecule has 3 nitrogen and oxygen atoms in total. The highest BCUT2D eigenvalue weighted by Crippen LogP contribution is 2.22. The number of hydrogen-bond acceptors (Lipinski definition) is 2. The molecule has 0 saturated carbocycles. The van der Waals surface area contributed by atoms with Gasteiger partial charge in [-0.25, -0.2) is 0 Å². The van der Waals surface area contributed by atoms with Crippen molar-refractivity contribution in [2.45, 2.75) is 32.1 Å². The highest BCUT2D eigenvalue weighted by molar-refractivity contribution is 6.20. The Morgan fingerprint density at radius 1 is 1.50 bits per heavy atom. The molecule has 0 aliphatic rings. The molecule has 0 saturated heterocycles. The Bertz CT molecular complexity index is 366. The van der Waals surface area contributed by atoms with Crippen molar-refractivity contribution < 1.29 is 4.92 Å². The van der Waals surface area contributed by atoms with Crippen molar-refractivity contribution in [2.24, 2.45) is 5.92 Å². The molecule has 1 aromatic carbocycles. The summed E-state index contributed by atoms with van der Waals surface area (Å²) in [5.41, 5.74) is 1.13. The number of non-ortho nitro benzene ring substituents is 1. The van der Waals surface area contributed by atoms with E-state index in [0.717, 1.165) is 18.4 Å². The summed E-state index contributed by atoms with van der Waals surface area (Å²) < 4.78 is 0. The van der Waals surface area contributed by atoms with Crippen molar-refractivity contribution in [2.75, 3.05) is 0 Å². The number of rotatable bonds is 5. The summed E-state index contributed by atoms with van der Waals surface area (Å²) in [6.07, 6.45) is 1.77. The number of nitro groups is 1. The Morgan fingerprint density at radius 3 is 2.69 bits per heavy atom. The van der Waals surface area contributed by atoms with Crippen LogP contribution in [0.15, 0.2) is 24.3 Å². The minimum absolute atomic E-state index is 0.0873. The Kier molecular flexibility index (Phi) is 4.74. The molecule has 1 rings (SSSR count). The molecule has 0 N–H and O–H groups in total. The Morgan fingerprint density at radius 2 is 2.19 bits per heavy atom. The summed E-state index contributed by atoms with van der Waals surface area (Å²) in [4.78, 5) is 10.3. The maximum Gasteiger partial charge on any atom is 0.269 e. The Balaban J connectivity index is 2.80. The van der Waals surface area contributed by atoms with E-state index in [9.17, 15) is 10.1 Å². The van der Waals surface area contributed by atoms with Gasteiger partial charge in [0.1, 0.15) is 0 Å². The first-order chi connectivity index (χ1) is 7.54. The highest BCUT2D eigenvalue weighted by atomic mass is 35.5. The number of halogens is 1. The molecule has 0 fully saturated rings. The van der Waals surface area contributed by atoms with E-state index >= 15 is 0 Å². The smallest absolute Gasteiger partial charge is 0.258 e. The number of benzene rings is 1. The van der Waals surface area contributed by atoms with E-state index in [0.29, 0.717) is 5.92 Å². The molecule has 16 heavy (non-hydrogen) atoms. The summed E-state index contributed by atoms with van der Waals surface area (Å²) >= 11 is 6.06. The van der Waals surface area contributed by atoms with Gasteiger partial charge in [-0.3, -0.25) is 10.1 Å². The number of nitro benzene ring substituents is 1. The van der Waals surface area contributed by atoms with E-state index in [1.54, 1.807) is 12.1 Å². The van der Waals surface area contributed by atoms with Crippen LogP contribution in [-0.4, -0.2) is 10.3 Å². The second-order valence-corrected chi connectivity index (χ2v) is 4.67. The molecular weight excluding hydrogens is 226 g/mol.